The summed E-state index contributed by atoms with van der Waals surface area (Å²) in [7, 11) is 0. The molecule has 12 heavy (non-hydrogen) atoms. The van der Waals surface area contributed by atoms with Crippen molar-refractivity contribution < 1.29 is 0 Å². The summed E-state index contributed by atoms with van der Waals surface area (Å²) >= 11 is 0. The zero-order chi connectivity index (χ0) is 9.98. The topological polar surface area (TPSA) is 38.4 Å². The van der Waals surface area contributed by atoms with Gasteiger partial charge in [-0.05, 0) is 20.8 Å². The Balaban J connectivity index is 0. The lowest BCUT2D eigenvalue weighted by atomic mass is 10.4. The molecular weight excluding hydrogens is 148 g/mol. The Labute approximate surface area is 75.9 Å². The van der Waals surface area contributed by atoms with E-state index < -0.39 is 0 Å². The van der Waals surface area contributed by atoms with Crippen molar-refractivity contribution in [2.75, 3.05) is 0 Å². The normalized spacial score (nSPS) is 12.8. The van der Waals surface area contributed by atoms with Gasteiger partial charge in [-0.2, -0.15) is 0 Å². The number of hydrogen-bond acceptors (Lipinski definition) is 2. The van der Waals surface area contributed by atoms with E-state index in [1.54, 1.807) is 6.21 Å². The van der Waals surface area contributed by atoms with E-state index >= 15 is 0 Å². The highest BCUT2D eigenvalue weighted by Gasteiger charge is 1.79. The van der Waals surface area contributed by atoms with Crippen LogP contribution in [-0.4, -0.2) is 6.21 Å². The quantitative estimate of drug-likeness (QED) is 0.632. The summed E-state index contributed by atoms with van der Waals surface area (Å²) in [6, 6.07) is 0. The number of nitrogens with two attached hydrogens (primary N) is 1. The Kier molecular flexibility index (Phi) is 11.2. The number of nitrogens with zero attached hydrogens (tertiary/aromatic N) is 1. The molecule has 0 atom stereocenters. The lowest BCUT2D eigenvalue weighted by molar-refractivity contribution is 1.28. The molecular formula is C10H20N2. The van der Waals surface area contributed by atoms with Crippen LogP contribution in [0.2, 0.25) is 0 Å². The van der Waals surface area contributed by atoms with Gasteiger partial charge in [-0.15, -0.1) is 0 Å². The molecule has 0 aliphatic rings. The van der Waals surface area contributed by atoms with E-state index in [4.69, 9.17) is 5.73 Å². The van der Waals surface area contributed by atoms with Gasteiger partial charge in [0.25, 0.3) is 0 Å². The fraction of sp³-hybridized carbons (Fsp3) is 0.500. The van der Waals surface area contributed by atoms with Gasteiger partial charge in [0.05, 0.1) is 0 Å². The van der Waals surface area contributed by atoms with Crippen LogP contribution in [0, 0.1) is 0 Å². The summed E-state index contributed by atoms with van der Waals surface area (Å²) in [5.41, 5.74) is 7.13. The molecule has 0 saturated carbocycles. The van der Waals surface area contributed by atoms with Crippen LogP contribution in [0.15, 0.2) is 28.5 Å². The van der Waals surface area contributed by atoms with Gasteiger partial charge < -0.3 is 5.73 Å². The van der Waals surface area contributed by atoms with Crippen LogP contribution in [0.1, 0.15) is 34.6 Å². The molecule has 0 fully saturated rings. The maximum absolute atomic E-state index is 5.46. The van der Waals surface area contributed by atoms with Crippen LogP contribution in [0.4, 0.5) is 0 Å². The van der Waals surface area contributed by atoms with Gasteiger partial charge in [-0.1, -0.05) is 26.0 Å². The third kappa shape index (κ3) is 8.95. The SMILES string of the molecule is CC.C\C=C(C)/N=C\C(N)=C/C. The van der Waals surface area contributed by atoms with Gasteiger partial charge in [0, 0.05) is 17.6 Å². The van der Waals surface area contributed by atoms with E-state index in [9.17, 15) is 0 Å². The Morgan fingerprint density at radius 2 is 1.67 bits per heavy atom. The molecule has 0 aliphatic carbocycles. The fourth-order valence-corrected chi connectivity index (χ4v) is 0.325. The molecule has 0 aliphatic heterocycles. The van der Waals surface area contributed by atoms with E-state index in [2.05, 4.69) is 4.99 Å². The van der Waals surface area contributed by atoms with Gasteiger partial charge in [0.2, 0.25) is 0 Å². The van der Waals surface area contributed by atoms with Crippen molar-refractivity contribution >= 4 is 6.21 Å². The number of aliphatic imine (C=N–C) groups is 1. The van der Waals surface area contributed by atoms with Crippen molar-refractivity contribution in [1.82, 2.24) is 0 Å². The minimum Gasteiger partial charge on any atom is -0.398 e. The summed E-state index contributed by atoms with van der Waals surface area (Å²) in [5, 5.41) is 0. The first-order valence-electron chi connectivity index (χ1n) is 4.29. The van der Waals surface area contributed by atoms with Crippen molar-refractivity contribution in [3.05, 3.63) is 23.5 Å². The molecule has 2 N–H and O–H groups in total. The van der Waals surface area contributed by atoms with E-state index in [0.717, 1.165) is 5.70 Å². The molecule has 0 bridgehead atoms. The minimum absolute atomic E-state index is 0.696. The van der Waals surface area contributed by atoms with Crippen molar-refractivity contribution in [3.63, 3.8) is 0 Å². The first-order chi connectivity index (χ1) is 5.70. The van der Waals surface area contributed by atoms with Crippen LogP contribution < -0.4 is 5.73 Å². The summed E-state index contributed by atoms with van der Waals surface area (Å²) < 4.78 is 0. The summed E-state index contributed by atoms with van der Waals surface area (Å²) in [4.78, 5) is 4.06. The minimum atomic E-state index is 0.696. The molecule has 0 rings (SSSR count). The molecule has 0 amide bonds. The van der Waals surface area contributed by atoms with Gasteiger partial charge in [0.1, 0.15) is 0 Å². The Hall–Kier alpha value is -1.05. The first-order valence-corrected chi connectivity index (χ1v) is 4.29. The lowest BCUT2D eigenvalue weighted by Crippen LogP contribution is -1.96. The maximum Gasteiger partial charge on any atom is 0.0497 e. The molecule has 0 unspecified atom stereocenters. The van der Waals surface area contributed by atoms with Gasteiger partial charge in [-0.25, -0.2) is 0 Å². The molecule has 70 valence electrons. The Morgan fingerprint density at radius 3 is 2.00 bits per heavy atom. The lowest BCUT2D eigenvalue weighted by Gasteiger charge is -1.89. The monoisotopic (exact) mass is 168 g/mol. The van der Waals surface area contributed by atoms with E-state index in [-0.39, 0.29) is 0 Å². The third-order valence-corrected chi connectivity index (χ3v) is 1.17. The predicted octanol–water partition coefficient (Wildman–Crippen LogP) is 2.87. The standard InChI is InChI=1S/C8H14N2.C2H6/c1-4-7(3)10-6-8(9)5-2;1-2/h4-6H,9H2,1-3H3;1-2H3/b7-4-,8-5+,10-6-;. The predicted molar refractivity (Wildman–Crippen MR) is 57.2 cm³/mol. The zero-order valence-corrected chi connectivity index (χ0v) is 8.76. The molecule has 0 saturated heterocycles. The van der Waals surface area contributed by atoms with Crippen molar-refractivity contribution in [1.29, 1.82) is 0 Å². The van der Waals surface area contributed by atoms with Crippen molar-refractivity contribution in [2.24, 2.45) is 10.7 Å². The average Bonchev–Trinajstić information content (AvgIpc) is 2.16. The first kappa shape index (κ1) is 13.5. The zero-order valence-electron chi connectivity index (χ0n) is 8.76. The van der Waals surface area contributed by atoms with Crippen molar-refractivity contribution in [2.45, 2.75) is 34.6 Å². The highest BCUT2D eigenvalue weighted by atomic mass is 14.7. The second-order valence-corrected chi connectivity index (χ2v) is 1.98. The summed E-state index contributed by atoms with van der Waals surface area (Å²) in [6.45, 7) is 9.75. The van der Waals surface area contributed by atoms with Gasteiger partial charge in [-0.3, -0.25) is 4.99 Å². The van der Waals surface area contributed by atoms with Crippen molar-refractivity contribution in [3.8, 4) is 0 Å². The average molecular weight is 168 g/mol. The smallest absolute Gasteiger partial charge is 0.0497 e. The van der Waals surface area contributed by atoms with E-state index in [0.29, 0.717) is 5.70 Å². The summed E-state index contributed by atoms with van der Waals surface area (Å²) in [6.07, 6.45) is 5.39. The molecule has 0 aromatic rings. The molecule has 0 radical (unpaired) electrons. The van der Waals surface area contributed by atoms with Crippen LogP contribution >= 0.6 is 0 Å². The van der Waals surface area contributed by atoms with Crippen LogP contribution in [0.25, 0.3) is 0 Å². The maximum atomic E-state index is 5.46. The molecule has 0 heterocycles. The van der Waals surface area contributed by atoms with Gasteiger partial charge >= 0.3 is 0 Å². The van der Waals surface area contributed by atoms with Gasteiger partial charge in [0.15, 0.2) is 0 Å². The largest absolute Gasteiger partial charge is 0.398 e. The van der Waals surface area contributed by atoms with Crippen LogP contribution in [0.3, 0.4) is 0 Å². The second-order valence-electron chi connectivity index (χ2n) is 1.98. The fourth-order valence-electron chi connectivity index (χ4n) is 0.325. The van der Waals surface area contributed by atoms with E-state index in [1.165, 1.54) is 0 Å². The molecule has 2 nitrogen and oxygen atoms in total. The highest BCUT2D eigenvalue weighted by molar-refractivity contribution is 5.77. The molecule has 0 aromatic heterocycles. The van der Waals surface area contributed by atoms with Crippen LogP contribution in [-0.2, 0) is 0 Å². The number of allylic oxidation sites excluding steroid dienone is 4. The molecule has 0 aromatic carbocycles. The third-order valence-electron chi connectivity index (χ3n) is 1.17. The molecule has 0 spiro atoms. The highest BCUT2D eigenvalue weighted by Crippen LogP contribution is 1.91. The molecule has 2 heteroatoms. The second kappa shape index (κ2) is 9.95. The van der Waals surface area contributed by atoms with E-state index in [1.807, 2.05) is 46.8 Å². The Bertz CT molecular complexity index is 156. The number of rotatable bonds is 2. The summed E-state index contributed by atoms with van der Waals surface area (Å²) in [5.74, 6) is 0. The van der Waals surface area contributed by atoms with Crippen LogP contribution in [0.5, 0.6) is 0 Å². The number of hydrogen-bond donors (Lipinski definition) is 1. The Morgan fingerprint density at radius 1 is 1.17 bits per heavy atom.